The number of nitrogens with one attached hydrogen (secondary N) is 1. The minimum absolute atomic E-state index is 0.0832. The Bertz CT molecular complexity index is 1700. The van der Waals surface area contributed by atoms with Crippen molar-refractivity contribution >= 4 is 32.3 Å². The first kappa shape index (κ1) is 23.1. The number of nitriles is 1. The zero-order valence-corrected chi connectivity index (χ0v) is 20.3. The summed E-state index contributed by atoms with van der Waals surface area (Å²) in [5, 5.41) is 18.1. The minimum Gasteiger partial charge on any atom is -0.497 e. The molecule has 0 saturated carbocycles. The quantitative estimate of drug-likeness (QED) is 0.340. The highest BCUT2D eigenvalue weighted by molar-refractivity contribution is 7.90. The van der Waals surface area contributed by atoms with Crippen LogP contribution < -0.4 is 10.1 Å². The zero-order chi connectivity index (χ0) is 25.3. The number of hydrogen-bond donors (Lipinski definition) is 1. The fourth-order valence-corrected chi connectivity index (χ4v) is 4.42. The van der Waals surface area contributed by atoms with Gasteiger partial charge < -0.3 is 14.5 Å². The minimum atomic E-state index is -3.31. The first-order valence-corrected chi connectivity index (χ1v) is 12.8. The Hall–Kier alpha value is -4.62. The lowest BCUT2D eigenvalue weighted by atomic mass is 10.1. The van der Waals surface area contributed by atoms with Crippen LogP contribution in [0.25, 0.3) is 22.4 Å². The van der Waals surface area contributed by atoms with Crippen molar-refractivity contribution in [3.63, 3.8) is 0 Å². The molecule has 1 N–H and O–H groups in total. The van der Waals surface area contributed by atoms with Gasteiger partial charge in [0, 0.05) is 29.1 Å². The van der Waals surface area contributed by atoms with Crippen LogP contribution in [0, 0.1) is 11.3 Å². The lowest BCUT2D eigenvalue weighted by Gasteiger charge is -2.04. The van der Waals surface area contributed by atoms with Crippen LogP contribution in [0.2, 0.25) is 0 Å². The fraction of sp³-hybridized carbons (Fsp3) is 0.115. The van der Waals surface area contributed by atoms with E-state index in [2.05, 4.69) is 15.4 Å². The van der Waals surface area contributed by atoms with E-state index >= 15 is 0 Å². The molecule has 5 aromatic rings. The molecule has 36 heavy (non-hydrogen) atoms. The van der Waals surface area contributed by atoms with Gasteiger partial charge in [-0.3, -0.25) is 4.68 Å². The predicted octanol–water partition coefficient (Wildman–Crippen LogP) is 4.77. The van der Waals surface area contributed by atoms with Crippen molar-refractivity contribution in [3.05, 3.63) is 84.2 Å². The van der Waals surface area contributed by atoms with Crippen molar-refractivity contribution < 1.29 is 17.6 Å². The summed E-state index contributed by atoms with van der Waals surface area (Å²) in [4.78, 5) is 4.58. The number of benzene rings is 3. The van der Waals surface area contributed by atoms with Gasteiger partial charge in [-0.05, 0) is 54.1 Å². The number of aromatic nitrogens is 3. The van der Waals surface area contributed by atoms with Gasteiger partial charge in [-0.15, -0.1) is 0 Å². The normalized spacial score (nSPS) is 11.4. The number of fused-ring (bicyclic) bond motifs is 1. The maximum Gasteiger partial charge on any atom is 0.236 e. The Morgan fingerprint density at radius 1 is 1.08 bits per heavy atom. The van der Waals surface area contributed by atoms with E-state index < -0.39 is 9.84 Å². The van der Waals surface area contributed by atoms with Gasteiger partial charge in [0.05, 0.1) is 24.1 Å². The number of anilines is 2. The molecule has 10 heteroatoms. The topological polar surface area (TPSA) is 123 Å². The summed E-state index contributed by atoms with van der Waals surface area (Å²) in [7, 11) is -1.68. The van der Waals surface area contributed by atoms with E-state index in [1.807, 2.05) is 59.4 Å². The molecule has 2 aromatic heterocycles. The smallest absolute Gasteiger partial charge is 0.236 e. The van der Waals surface area contributed by atoms with E-state index in [1.165, 1.54) is 12.1 Å². The predicted molar refractivity (Wildman–Crippen MR) is 135 cm³/mol. The largest absolute Gasteiger partial charge is 0.497 e. The van der Waals surface area contributed by atoms with Crippen molar-refractivity contribution in [1.29, 1.82) is 5.26 Å². The molecular weight excluding hydrogens is 478 g/mol. The number of hydrogen-bond acceptors (Lipinski definition) is 8. The third-order valence-electron chi connectivity index (χ3n) is 5.60. The molecule has 0 aliphatic rings. The maximum atomic E-state index is 11.7. The summed E-state index contributed by atoms with van der Waals surface area (Å²) in [6, 6.07) is 21.6. The van der Waals surface area contributed by atoms with Gasteiger partial charge in [-0.25, -0.2) is 8.42 Å². The van der Waals surface area contributed by atoms with Crippen LogP contribution in [-0.4, -0.2) is 36.5 Å². The lowest BCUT2D eigenvalue weighted by molar-refractivity contribution is 0.414. The second kappa shape index (κ2) is 9.20. The first-order chi connectivity index (χ1) is 17.3. The summed E-state index contributed by atoms with van der Waals surface area (Å²) in [6.07, 6.45) is 3.06. The van der Waals surface area contributed by atoms with E-state index in [1.54, 1.807) is 19.2 Å². The molecule has 5 rings (SSSR count). The van der Waals surface area contributed by atoms with Crippen molar-refractivity contribution in [1.82, 2.24) is 14.8 Å². The number of methoxy groups -OCH3 is 1. The molecule has 2 heterocycles. The number of ether oxygens (including phenoxy) is 1. The molecule has 0 unspecified atom stereocenters. The van der Waals surface area contributed by atoms with Gasteiger partial charge in [0.1, 0.15) is 11.8 Å². The Morgan fingerprint density at radius 3 is 2.50 bits per heavy atom. The zero-order valence-electron chi connectivity index (χ0n) is 19.5. The van der Waals surface area contributed by atoms with Crippen LogP contribution in [-0.2, 0) is 16.4 Å². The first-order valence-electron chi connectivity index (χ1n) is 10.9. The third kappa shape index (κ3) is 4.64. The molecule has 3 aromatic carbocycles. The van der Waals surface area contributed by atoms with Crippen LogP contribution >= 0.6 is 0 Å². The van der Waals surface area contributed by atoms with Gasteiger partial charge >= 0.3 is 0 Å². The summed E-state index contributed by atoms with van der Waals surface area (Å²) in [6.45, 7) is 0.573. The van der Waals surface area contributed by atoms with Crippen molar-refractivity contribution in [2.24, 2.45) is 0 Å². The summed E-state index contributed by atoms with van der Waals surface area (Å²) in [5.41, 5.74) is 3.18. The molecule has 0 amide bonds. The van der Waals surface area contributed by atoms with Gasteiger partial charge in [0.2, 0.25) is 17.5 Å². The molecule has 0 radical (unpaired) electrons. The van der Waals surface area contributed by atoms with Crippen LogP contribution in [0.4, 0.5) is 11.6 Å². The van der Waals surface area contributed by atoms with E-state index in [0.29, 0.717) is 17.8 Å². The maximum absolute atomic E-state index is 11.7. The molecule has 0 fully saturated rings. The Balaban J connectivity index is 1.45. The molecule has 0 bridgehead atoms. The Morgan fingerprint density at radius 2 is 1.83 bits per heavy atom. The fourth-order valence-electron chi connectivity index (χ4n) is 3.79. The SMILES string of the molecule is COc1ccc(Cn2cc3c(-c4nc(C#N)c(Nc5ccc(S(C)(=O)=O)cc5)o4)cccc3n2)cc1. The number of oxazole rings is 1. The molecule has 0 aliphatic heterocycles. The third-order valence-corrected chi connectivity index (χ3v) is 6.73. The molecule has 9 nitrogen and oxygen atoms in total. The molecule has 0 atom stereocenters. The monoisotopic (exact) mass is 499 g/mol. The summed E-state index contributed by atoms with van der Waals surface area (Å²) in [5.74, 6) is 1.23. The number of rotatable bonds is 7. The molecule has 180 valence electrons. The van der Waals surface area contributed by atoms with Crippen LogP contribution in [0.3, 0.4) is 0 Å². The molecule has 0 saturated heterocycles. The molecular formula is C26H21N5O4S. The van der Waals surface area contributed by atoms with Crippen LogP contribution in [0.5, 0.6) is 5.75 Å². The second-order valence-electron chi connectivity index (χ2n) is 8.14. The van der Waals surface area contributed by atoms with Gasteiger partial charge in [0.25, 0.3) is 0 Å². The Kier molecular flexibility index (Phi) is 5.91. The lowest BCUT2D eigenvalue weighted by Crippen LogP contribution is -1.99. The van der Waals surface area contributed by atoms with Crippen molar-refractivity contribution in [2.45, 2.75) is 11.4 Å². The summed E-state index contributed by atoms with van der Waals surface area (Å²) >= 11 is 0. The van der Waals surface area contributed by atoms with Crippen molar-refractivity contribution in [3.8, 4) is 23.3 Å². The standard InChI is InChI=1S/C26H21N5O4S/c1-34-19-10-6-17(7-11-19)15-31-16-22-21(4-3-5-23(22)30-31)25-29-24(14-27)26(35-25)28-18-8-12-20(13-9-18)36(2,32)33/h3-13,16,28H,15H2,1-2H3. The van der Waals surface area contributed by atoms with E-state index in [9.17, 15) is 13.7 Å². The number of nitrogens with zero attached hydrogens (tertiary/aromatic N) is 4. The average molecular weight is 500 g/mol. The van der Waals surface area contributed by atoms with E-state index in [4.69, 9.17) is 9.15 Å². The van der Waals surface area contributed by atoms with E-state index in [-0.39, 0.29) is 22.4 Å². The molecule has 0 aliphatic carbocycles. The highest BCUT2D eigenvalue weighted by Crippen LogP contribution is 2.32. The molecule has 0 spiro atoms. The van der Waals surface area contributed by atoms with Crippen LogP contribution in [0.15, 0.2) is 82.2 Å². The highest BCUT2D eigenvalue weighted by Gasteiger charge is 2.18. The highest BCUT2D eigenvalue weighted by atomic mass is 32.2. The average Bonchev–Trinajstić information content (AvgIpc) is 3.47. The second-order valence-corrected chi connectivity index (χ2v) is 10.2. The van der Waals surface area contributed by atoms with Gasteiger partial charge in [0.15, 0.2) is 9.84 Å². The number of sulfone groups is 1. The van der Waals surface area contributed by atoms with Gasteiger partial charge in [-0.2, -0.15) is 15.3 Å². The Labute approximate surface area is 207 Å². The van der Waals surface area contributed by atoms with Crippen molar-refractivity contribution in [2.75, 3.05) is 18.7 Å². The van der Waals surface area contributed by atoms with E-state index in [0.717, 1.165) is 28.5 Å². The van der Waals surface area contributed by atoms with Crippen LogP contribution in [0.1, 0.15) is 11.3 Å². The summed E-state index contributed by atoms with van der Waals surface area (Å²) < 4.78 is 36.4. The van der Waals surface area contributed by atoms with Gasteiger partial charge in [-0.1, -0.05) is 18.2 Å².